The van der Waals surface area contributed by atoms with E-state index in [-0.39, 0.29) is 0 Å². The van der Waals surface area contributed by atoms with Gasteiger partial charge in [-0.1, -0.05) is 13.8 Å². The molecule has 0 bridgehead atoms. The standard InChI is InChI=1S/C7H5N3.C2H6/c1-2-8-5-7-6(1)9-3-4-10-7;1-2/h1-5H;1-2H3. The van der Waals surface area contributed by atoms with Crippen LogP contribution in [0.4, 0.5) is 0 Å². The van der Waals surface area contributed by atoms with Crippen molar-refractivity contribution in [2.75, 3.05) is 0 Å². The maximum absolute atomic E-state index is 4.08. The summed E-state index contributed by atoms with van der Waals surface area (Å²) in [4.78, 5) is 12.0. The highest BCUT2D eigenvalue weighted by atomic mass is 14.8. The first-order valence-electron chi connectivity index (χ1n) is 3.97. The van der Waals surface area contributed by atoms with Crippen molar-refractivity contribution in [2.45, 2.75) is 13.8 Å². The Kier molecular flexibility index (Phi) is 3.14. The number of pyridine rings is 1. The molecule has 2 aromatic rings. The van der Waals surface area contributed by atoms with Gasteiger partial charge in [0.2, 0.25) is 0 Å². The van der Waals surface area contributed by atoms with E-state index in [4.69, 9.17) is 0 Å². The fourth-order valence-corrected chi connectivity index (χ4v) is 0.815. The van der Waals surface area contributed by atoms with Crippen LogP contribution in [0.25, 0.3) is 11.0 Å². The normalized spacial score (nSPS) is 8.83. The summed E-state index contributed by atoms with van der Waals surface area (Å²) in [6, 6.07) is 1.84. The minimum absolute atomic E-state index is 0.838. The van der Waals surface area contributed by atoms with E-state index < -0.39 is 0 Å². The zero-order chi connectivity index (χ0) is 8.81. The van der Waals surface area contributed by atoms with Gasteiger partial charge in [0.05, 0.1) is 11.7 Å². The molecule has 0 amide bonds. The van der Waals surface area contributed by atoms with Gasteiger partial charge < -0.3 is 0 Å². The molecule has 3 heteroatoms. The maximum Gasteiger partial charge on any atom is 0.107 e. The molecular weight excluding hydrogens is 150 g/mol. The van der Waals surface area contributed by atoms with Crippen LogP contribution in [0.15, 0.2) is 30.9 Å². The molecule has 0 atom stereocenters. The van der Waals surface area contributed by atoms with E-state index in [0.29, 0.717) is 0 Å². The molecule has 0 saturated carbocycles. The smallest absolute Gasteiger partial charge is 0.107 e. The average molecular weight is 161 g/mol. The minimum Gasteiger partial charge on any atom is -0.262 e. The zero-order valence-corrected chi connectivity index (χ0v) is 7.23. The van der Waals surface area contributed by atoms with Gasteiger partial charge in [0, 0.05) is 18.6 Å². The molecule has 62 valence electrons. The van der Waals surface area contributed by atoms with Crippen molar-refractivity contribution >= 4 is 11.0 Å². The van der Waals surface area contributed by atoms with Gasteiger partial charge in [-0.25, -0.2) is 0 Å². The van der Waals surface area contributed by atoms with Gasteiger partial charge in [-0.2, -0.15) is 0 Å². The Balaban J connectivity index is 0.000000336. The molecule has 0 saturated heterocycles. The lowest BCUT2D eigenvalue weighted by Gasteiger charge is -1.90. The van der Waals surface area contributed by atoms with Gasteiger partial charge >= 0.3 is 0 Å². The van der Waals surface area contributed by atoms with E-state index in [0.717, 1.165) is 11.0 Å². The van der Waals surface area contributed by atoms with Crippen LogP contribution in [-0.4, -0.2) is 15.0 Å². The number of hydrogen-bond donors (Lipinski definition) is 0. The first-order chi connectivity index (χ1) is 5.97. The predicted molar refractivity (Wildman–Crippen MR) is 48.7 cm³/mol. The highest BCUT2D eigenvalue weighted by molar-refractivity contribution is 5.71. The maximum atomic E-state index is 4.08. The average Bonchev–Trinajstić information content (AvgIpc) is 2.21. The topological polar surface area (TPSA) is 38.7 Å². The first-order valence-corrected chi connectivity index (χ1v) is 3.97. The third-order valence-electron chi connectivity index (χ3n) is 1.27. The van der Waals surface area contributed by atoms with E-state index in [9.17, 15) is 0 Å². The van der Waals surface area contributed by atoms with E-state index in [2.05, 4.69) is 15.0 Å². The number of hydrogen-bond acceptors (Lipinski definition) is 3. The van der Waals surface area contributed by atoms with Crippen molar-refractivity contribution in [3.63, 3.8) is 0 Å². The lowest BCUT2D eigenvalue weighted by Crippen LogP contribution is -1.81. The summed E-state index contributed by atoms with van der Waals surface area (Å²) in [5.74, 6) is 0. The van der Waals surface area contributed by atoms with E-state index in [1.807, 2.05) is 19.9 Å². The van der Waals surface area contributed by atoms with Crippen LogP contribution < -0.4 is 0 Å². The molecule has 0 radical (unpaired) electrons. The third-order valence-corrected chi connectivity index (χ3v) is 1.27. The Morgan fingerprint density at radius 3 is 2.25 bits per heavy atom. The molecule has 3 nitrogen and oxygen atoms in total. The van der Waals surface area contributed by atoms with Gasteiger partial charge in [0.15, 0.2) is 0 Å². The molecule has 0 unspecified atom stereocenters. The van der Waals surface area contributed by atoms with E-state index >= 15 is 0 Å². The molecule has 0 aromatic carbocycles. The second-order valence-electron chi connectivity index (χ2n) is 1.92. The monoisotopic (exact) mass is 161 g/mol. The van der Waals surface area contributed by atoms with Crippen molar-refractivity contribution < 1.29 is 0 Å². The molecule has 0 fully saturated rings. The highest BCUT2D eigenvalue weighted by Crippen LogP contribution is 2.02. The van der Waals surface area contributed by atoms with E-state index in [1.165, 1.54) is 0 Å². The molecule has 0 aliphatic rings. The number of aromatic nitrogens is 3. The molecule has 0 spiro atoms. The summed E-state index contributed by atoms with van der Waals surface area (Å²) >= 11 is 0. The first kappa shape index (κ1) is 8.59. The van der Waals surface area contributed by atoms with Gasteiger partial charge in [-0.05, 0) is 6.07 Å². The van der Waals surface area contributed by atoms with Crippen molar-refractivity contribution in [1.82, 2.24) is 15.0 Å². The Morgan fingerprint density at radius 1 is 0.917 bits per heavy atom. The Bertz CT molecular complexity index is 281. The SMILES string of the molecule is CC.c1cc2nccnc2cn1. The van der Waals surface area contributed by atoms with Crippen LogP contribution in [0.5, 0.6) is 0 Å². The van der Waals surface area contributed by atoms with Gasteiger partial charge in [-0.3, -0.25) is 15.0 Å². The van der Waals surface area contributed by atoms with E-state index in [1.54, 1.807) is 24.8 Å². The summed E-state index contributed by atoms with van der Waals surface area (Å²) in [7, 11) is 0. The Morgan fingerprint density at radius 2 is 1.58 bits per heavy atom. The van der Waals surface area contributed by atoms with Crippen LogP contribution in [0.1, 0.15) is 13.8 Å². The van der Waals surface area contributed by atoms with Crippen molar-refractivity contribution in [2.24, 2.45) is 0 Å². The molecule has 2 rings (SSSR count). The van der Waals surface area contributed by atoms with Crippen LogP contribution in [0, 0.1) is 0 Å². The quantitative estimate of drug-likeness (QED) is 0.593. The molecule has 0 aliphatic carbocycles. The summed E-state index contributed by atoms with van der Waals surface area (Å²) in [6.07, 6.45) is 6.73. The molecule has 12 heavy (non-hydrogen) atoms. The van der Waals surface area contributed by atoms with Crippen molar-refractivity contribution in [3.05, 3.63) is 30.9 Å². The minimum atomic E-state index is 0.838. The molecule has 2 heterocycles. The Hall–Kier alpha value is -1.51. The molecule has 0 N–H and O–H groups in total. The van der Waals surface area contributed by atoms with Gasteiger partial charge in [-0.15, -0.1) is 0 Å². The second-order valence-corrected chi connectivity index (χ2v) is 1.92. The highest BCUT2D eigenvalue weighted by Gasteiger charge is 1.89. The van der Waals surface area contributed by atoms with Crippen LogP contribution in [-0.2, 0) is 0 Å². The zero-order valence-electron chi connectivity index (χ0n) is 7.23. The summed E-state index contributed by atoms with van der Waals surface area (Å²) in [6.45, 7) is 4.00. The van der Waals surface area contributed by atoms with Crippen LogP contribution >= 0.6 is 0 Å². The van der Waals surface area contributed by atoms with Crippen LogP contribution in [0.2, 0.25) is 0 Å². The van der Waals surface area contributed by atoms with Crippen molar-refractivity contribution in [3.8, 4) is 0 Å². The lowest BCUT2D eigenvalue weighted by molar-refractivity contribution is 1.25. The fraction of sp³-hybridized carbons (Fsp3) is 0.222. The van der Waals surface area contributed by atoms with Gasteiger partial charge in [0.25, 0.3) is 0 Å². The third kappa shape index (κ3) is 1.75. The summed E-state index contributed by atoms with van der Waals surface area (Å²) in [5.41, 5.74) is 1.72. The Labute approximate surface area is 71.5 Å². The molecule has 0 aliphatic heterocycles. The largest absolute Gasteiger partial charge is 0.262 e. The number of nitrogens with zero attached hydrogens (tertiary/aromatic N) is 3. The molecule has 2 aromatic heterocycles. The molecular formula is C9H11N3. The fourth-order valence-electron chi connectivity index (χ4n) is 0.815. The van der Waals surface area contributed by atoms with Crippen molar-refractivity contribution in [1.29, 1.82) is 0 Å². The predicted octanol–water partition coefficient (Wildman–Crippen LogP) is 2.05. The second kappa shape index (κ2) is 4.38. The lowest BCUT2D eigenvalue weighted by atomic mass is 10.4. The van der Waals surface area contributed by atoms with Gasteiger partial charge in [0.1, 0.15) is 5.52 Å². The van der Waals surface area contributed by atoms with Crippen LogP contribution in [0.3, 0.4) is 0 Å². The number of fused-ring (bicyclic) bond motifs is 1. The summed E-state index contributed by atoms with van der Waals surface area (Å²) < 4.78 is 0. The number of rotatable bonds is 0. The summed E-state index contributed by atoms with van der Waals surface area (Å²) in [5, 5.41) is 0.